The van der Waals surface area contributed by atoms with Gasteiger partial charge in [0, 0.05) is 21.6 Å². The SMILES string of the molecule is Cc1[nH]c2cc(Cl)cc(Cl)c2c1CC(=O)O. The highest BCUT2D eigenvalue weighted by molar-refractivity contribution is 6.38. The molecule has 2 aromatic rings. The Balaban J connectivity index is 2.73. The maximum atomic E-state index is 10.8. The van der Waals surface area contributed by atoms with E-state index in [1.165, 1.54) is 0 Å². The van der Waals surface area contributed by atoms with Gasteiger partial charge in [-0.1, -0.05) is 23.2 Å². The van der Waals surface area contributed by atoms with Crippen LogP contribution in [0.3, 0.4) is 0 Å². The van der Waals surface area contributed by atoms with Crippen molar-refractivity contribution in [2.24, 2.45) is 0 Å². The molecule has 3 nitrogen and oxygen atoms in total. The minimum absolute atomic E-state index is 0.0484. The van der Waals surface area contributed by atoms with Crippen LogP contribution in [0.5, 0.6) is 0 Å². The fourth-order valence-electron chi connectivity index (χ4n) is 1.82. The van der Waals surface area contributed by atoms with Crippen molar-refractivity contribution in [2.45, 2.75) is 13.3 Å². The number of nitrogens with one attached hydrogen (secondary N) is 1. The largest absolute Gasteiger partial charge is 0.481 e. The number of halogens is 2. The molecule has 0 aliphatic heterocycles. The summed E-state index contributed by atoms with van der Waals surface area (Å²) in [4.78, 5) is 13.8. The molecule has 0 saturated heterocycles. The van der Waals surface area contributed by atoms with E-state index in [1.54, 1.807) is 12.1 Å². The second-order valence-electron chi connectivity index (χ2n) is 3.61. The summed E-state index contributed by atoms with van der Waals surface area (Å²) in [7, 11) is 0. The molecule has 5 heteroatoms. The van der Waals surface area contributed by atoms with Crippen LogP contribution >= 0.6 is 23.2 Å². The van der Waals surface area contributed by atoms with Gasteiger partial charge in [-0.05, 0) is 24.6 Å². The molecule has 0 amide bonds. The van der Waals surface area contributed by atoms with Gasteiger partial charge in [0.2, 0.25) is 0 Å². The van der Waals surface area contributed by atoms with E-state index < -0.39 is 5.97 Å². The van der Waals surface area contributed by atoms with E-state index >= 15 is 0 Å². The molecule has 0 aliphatic rings. The van der Waals surface area contributed by atoms with Crippen LogP contribution in [-0.4, -0.2) is 16.1 Å². The molecule has 0 fully saturated rings. The third kappa shape index (κ3) is 1.88. The Morgan fingerprint density at radius 1 is 1.44 bits per heavy atom. The molecule has 0 radical (unpaired) electrons. The number of fused-ring (bicyclic) bond motifs is 1. The molecular formula is C11H9Cl2NO2. The standard InChI is InChI=1S/C11H9Cl2NO2/c1-5-7(4-10(15)16)11-8(13)2-6(12)3-9(11)14-5/h2-3,14H,4H2,1H3,(H,15,16). The van der Waals surface area contributed by atoms with Crippen LogP contribution in [0.25, 0.3) is 10.9 Å². The van der Waals surface area contributed by atoms with Crippen molar-refractivity contribution in [3.05, 3.63) is 33.4 Å². The predicted octanol–water partition coefficient (Wildman–Crippen LogP) is 3.41. The van der Waals surface area contributed by atoms with E-state index in [2.05, 4.69) is 4.98 Å². The number of hydrogen-bond donors (Lipinski definition) is 2. The van der Waals surface area contributed by atoms with Gasteiger partial charge in [0.25, 0.3) is 0 Å². The van der Waals surface area contributed by atoms with Crippen molar-refractivity contribution in [3.8, 4) is 0 Å². The van der Waals surface area contributed by atoms with Crippen LogP contribution in [-0.2, 0) is 11.2 Å². The molecule has 0 atom stereocenters. The average molecular weight is 258 g/mol. The number of aromatic amines is 1. The molecule has 16 heavy (non-hydrogen) atoms. The Bertz CT molecular complexity index is 575. The molecule has 0 unspecified atom stereocenters. The van der Waals surface area contributed by atoms with Crippen LogP contribution in [0.4, 0.5) is 0 Å². The summed E-state index contributed by atoms with van der Waals surface area (Å²) in [5, 5.41) is 10.6. The second kappa shape index (κ2) is 4.00. The van der Waals surface area contributed by atoms with Gasteiger partial charge in [-0.25, -0.2) is 0 Å². The zero-order valence-electron chi connectivity index (χ0n) is 8.47. The van der Waals surface area contributed by atoms with E-state index in [0.29, 0.717) is 15.6 Å². The number of benzene rings is 1. The highest BCUT2D eigenvalue weighted by Crippen LogP contribution is 2.32. The summed E-state index contributed by atoms with van der Waals surface area (Å²) < 4.78 is 0. The minimum atomic E-state index is -0.880. The lowest BCUT2D eigenvalue weighted by Gasteiger charge is -1.99. The molecule has 1 heterocycles. The van der Waals surface area contributed by atoms with Crippen molar-refractivity contribution in [1.82, 2.24) is 4.98 Å². The molecule has 84 valence electrons. The lowest BCUT2D eigenvalue weighted by Crippen LogP contribution is -2.00. The molecule has 2 rings (SSSR count). The van der Waals surface area contributed by atoms with Gasteiger partial charge in [-0.3, -0.25) is 4.79 Å². The van der Waals surface area contributed by atoms with Crippen LogP contribution in [0.2, 0.25) is 10.0 Å². The highest BCUT2D eigenvalue weighted by atomic mass is 35.5. The summed E-state index contributed by atoms with van der Waals surface area (Å²) in [5.41, 5.74) is 2.29. The number of rotatable bonds is 2. The van der Waals surface area contributed by atoms with E-state index in [4.69, 9.17) is 28.3 Å². The number of carbonyl (C=O) groups is 1. The number of carboxylic acid groups (broad SMARTS) is 1. The molecule has 0 bridgehead atoms. The van der Waals surface area contributed by atoms with Crippen LogP contribution in [0.15, 0.2) is 12.1 Å². The number of H-pyrrole nitrogens is 1. The predicted molar refractivity (Wildman–Crippen MR) is 64.4 cm³/mol. The molecule has 0 aliphatic carbocycles. The van der Waals surface area contributed by atoms with Crippen molar-refractivity contribution in [1.29, 1.82) is 0 Å². The highest BCUT2D eigenvalue weighted by Gasteiger charge is 2.14. The Hall–Kier alpha value is -1.19. The lowest BCUT2D eigenvalue weighted by molar-refractivity contribution is -0.136. The number of aliphatic carboxylic acids is 1. The Morgan fingerprint density at radius 2 is 2.12 bits per heavy atom. The van der Waals surface area contributed by atoms with Gasteiger partial charge < -0.3 is 10.1 Å². The third-order valence-corrected chi connectivity index (χ3v) is 2.98. The zero-order valence-corrected chi connectivity index (χ0v) is 9.99. The summed E-state index contributed by atoms with van der Waals surface area (Å²) in [6, 6.07) is 3.35. The van der Waals surface area contributed by atoms with E-state index in [-0.39, 0.29) is 6.42 Å². The number of aromatic nitrogens is 1. The monoisotopic (exact) mass is 257 g/mol. The van der Waals surface area contributed by atoms with Gasteiger partial charge in [-0.15, -0.1) is 0 Å². The quantitative estimate of drug-likeness (QED) is 0.867. The summed E-state index contributed by atoms with van der Waals surface area (Å²) >= 11 is 11.9. The topological polar surface area (TPSA) is 53.1 Å². The summed E-state index contributed by atoms with van der Waals surface area (Å²) in [6.45, 7) is 1.82. The van der Waals surface area contributed by atoms with Crippen molar-refractivity contribution in [2.75, 3.05) is 0 Å². The minimum Gasteiger partial charge on any atom is -0.481 e. The fourth-order valence-corrected chi connectivity index (χ4v) is 2.42. The first kappa shape index (κ1) is 11.3. The van der Waals surface area contributed by atoms with Crippen LogP contribution < -0.4 is 0 Å². The first-order valence-corrected chi connectivity index (χ1v) is 5.42. The molecule has 2 N–H and O–H groups in total. The smallest absolute Gasteiger partial charge is 0.307 e. The molecule has 1 aromatic heterocycles. The van der Waals surface area contributed by atoms with Gasteiger partial charge >= 0.3 is 5.97 Å². The van der Waals surface area contributed by atoms with Crippen LogP contribution in [0.1, 0.15) is 11.3 Å². The zero-order chi connectivity index (χ0) is 11.9. The van der Waals surface area contributed by atoms with E-state index in [9.17, 15) is 4.79 Å². The molecule has 0 saturated carbocycles. The van der Waals surface area contributed by atoms with Gasteiger partial charge in [0.1, 0.15) is 0 Å². The van der Waals surface area contributed by atoms with Crippen molar-refractivity contribution >= 4 is 40.1 Å². The maximum absolute atomic E-state index is 10.8. The normalized spacial score (nSPS) is 10.9. The molecule has 1 aromatic carbocycles. The fraction of sp³-hybridized carbons (Fsp3) is 0.182. The summed E-state index contributed by atoms with van der Waals surface area (Å²) in [5.74, 6) is -0.880. The van der Waals surface area contributed by atoms with E-state index in [1.807, 2.05) is 6.92 Å². The third-order valence-electron chi connectivity index (χ3n) is 2.46. The molecule has 0 spiro atoms. The Morgan fingerprint density at radius 3 is 2.75 bits per heavy atom. The van der Waals surface area contributed by atoms with E-state index in [0.717, 1.165) is 16.6 Å². The average Bonchev–Trinajstić information content (AvgIpc) is 2.41. The van der Waals surface area contributed by atoms with Gasteiger partial charge in [0.05, 0.1) is 11.4 Å². The molecular weight excluding hydrogens is 249 g/mol. The maximum Gasteiger partial charge on any atom is 0.307 e. The Kier molecular flexibility index (Phi) is 2.82. The van der Waals surface area contributed by atoms with Crippen molar-refractivity contribution in [3.63, 3.8) is 0 Å². The summed E-state index contributed by atoms with van der Waals surface area (Å²) in [6.07, 6.45) is -0.0484. The van der Waals surface area contributed by atoms with Gasteiger partial charge in [0.15, 0.2) is 0 Å². The van der Waals surface area contributed by atoms with Crippen molar-refractivity contribution < 1.29 is 9.90 Å². The van der Waals surface area contributed by atoms with Crippen LogP contribution in [0, 0.1) is 6.92 Å². The lowest BCUT2D eigenvalue weighted by atomic mass is 10.1. The number of carboxylic acids is 1. The number of aryl methyl sites for hydroxylation is 1. The second-order valence-corrected chi connectivity index (χ2v) is 4.45. The first-order valence-electron chi connectivity index (χ1n) is 4.67. The Labute approximate surface area is 102 Å². The van der Waals surface area contributed by atoms with Gasteiger partial charge in [-0.2, -0.15) is 0 Å². The number of hydrogen-bond acceptors (Lipinski definition) is 1. The first-order chi connectivity index (χ1) is 7.49.